The lowest BCUT2D eigenvalue weighted by molar-refractivity contribution is 0.397. The van der Waals surface area contributed by atoms with E-state index in [4.69, 9.17) is 4.74 Å². The second kappa shape index (κ2) is 5.01. The first-order chi connectivity index (χ1) is 7.13. The Morgan fingerprint density at radius 1 is 1.40 bits per heavy atom. The van der Waals surface area contributed by atoms with E-state index >= 15 is 0 Å². The molecule has 84 valence electrons. The second-order valence-corrected chi connectivity index (χ2v) is 3.98. The number of ether oxygens (including phenoxy) is 1. The molecule has 1 heterocycles. The van der Waals surface area contributed by atoms with E-state index in [1.807, 2.05) is 12.1 Å². The van der Waals surface area contributed by atoms with Crippen LogP contribution in [0.4, 0.5) is 5.69 Å². The van der Waals surface area contributed by atoms with Crippen molar-refractivity contribution in [3.63, 3.8) is 0 Å². The fourth-order valence-corrected chi connectivity index (χ4v) is 1.37. The van der Waals surface area contributed by atoms with E-state index in [0.717, 1.165) is 18.5 Å². The van der Waals surface area contributed by atoms with Crippen LogP contribution in [0.2, 0.25) is 0 Å². The number of anilines is 1. The van der Waals surface area contributed by atoms with Gasteiger partial charge in [0.1, 0.15) is 0 Å². The van der Waals surface area contributed by atoms with E-state index in [2.05, 4.69) is 31.1 Å². The minimum atomic E-state index is 0.145. The van der Waals surface area contributed by atoms with Crippen molar-refractivity contribution in [3.05, 3.63) is 18.3 Å². The molecule has 1 N–H and O–H groups in total. The molecular formula is C12H20N2O. The van der Waals surface area contributed by atoms with Crippen LogP contribution in [0.5, 0.6) is 5.88 Å². The molecule has 0 fully saturated rings. The second-order valence-electron chi connectivity index (χ2n) is 3.98. The molecule has 0 aliphatic rings. The Morgan fingerprint density at radius 2 is 2.07 bits per heavy atom. The molecule has 1 aromatic rings. The number of nitrogens with one attached hydrogen (secondary N) is 1. The van der Waals surface area contributed by atoms with E-state index in [0.29, 0.717) is 5.88 Å². The van der Waals surface area contributed by atoms with E-state index in [-0.39, 0.29) is 5.54 Å². The number of pyridine rings is 1. The first kappa shape index (κ1) is 11.8. The van der Waals surface area contributed by atoms with Crippen LogP contribution in [-0.4, -0.2) is 17.6 Å². The van der Waals surface area contributed by atoms with Gasteiger partial charge in [-0.05, 0) is 25.8 Å². The molecule has 0 aliphatic carbocycles. The molecule has 3 heteroatoms. The summed E-state index contributed by atoms with van der Waals surface area (Å²) >= 11 is 0. The van der Waals surface area contributed by atoms with Crippen molar-refractivity contribution >= 4 is 5.69 Å². The summed E-state index contributed by atoms with van der Waals surface area (Å²) < 4.78 is 5.09. The lowest BCUT2D eigenvalue weighted by atomic mass is 9.95. The molecule has 0 atom stereocenters. The molecule has 0 spiro atoms. The van der Waals surface area contributed by atoms with E-state index in [1.54, 1.807) is 13.3 Å². The van der Waals surface area contributed by atoms with Gasteiger partial charge in [-0.2, -0.15) is 0 Å². The number of aromatic nitrogens is 1. The molecule has 0 bridgehead atoms. The molecule has 0 aromatic carbocycles. The topological polar surface area (TPSA) is 34.2 Å². The molecule has 0 radical (unpaired) electrons. The largest absolute Gasteiger partial charge is 0.481 e. The van der Waals surface area contributed by atoms with Crippen LogP contribution in [0.25, 0.3) is 0 Å². The summed E-state index contributed by atoms with van der Waals surface area (Å²) in [5.74, 6) is 0.648. The highest BCUT2D eigenvalue weighted by molar-refractivity contribution is 5.47. The highest BCUT2D eigenvalue weighted by atomic mass is 16.5. The maximum Gasteiger partial charge on any atom is 0.214 e. The number of rotatable bonds is 5. The van der Waals surface area contributed by atoms with Gasteiger partial charge in [-0.25, -0.2) is 4.98 Å². The van der Waals surface area contributed by atoms with Crippen molar-refractivity contribution < 1.29 is 4.74 Å². The zero-order chi connectivity index (χ0) is 11.3. The van der Waals surface area contributed by atoms with Gasteiger partial charge in [-0.1, -0.05) is 13.8 Å². The highest BCUT2D eigenvalue weighted by Gasteiger charge is 2.18. The fourth-order valence-electron chi connectivity index (χ4n) is 1.37. The van der Waals surface area contributed by atoms with Crippen molar-refractivity contribution in [2.24, 2.45) is 0 Å². The van der Waals surface area contributed by atoms with Gasteiger partial charge in [0.15, 0.2) is 0 Å². The third-order valence-corrected chi connectivity index (χ3v) is 2.95. The van der Waals surface area contributed by atoms with Crippen LogP contribution in [0, 0.1) is 0 Å². The fraction of sp³-hybridized carbons (Fsp3) is 0.583. The number of methoxy groups -OCH3 is 1. The summed E-state index contributed by atoms with van der Waals surface area (Å²) in [6.45, 7) is 6.60. The molecule has 15 heavy (non-hydrogen) atoms. The minimum absolute atomic E-state index is 0.145. The molecule has 0 unspecified atom stereocenters. The Morgan fingerprint density at radius 3 is 2.60 bits per heavy atom. The summed E-state index contributed by atoms with van der Waals surface area (Å²) in [7, 11) is 1.63. The maximum absolute atomic E-state index is 5.09. The summed E-state index contributed by atoms with van der Waals surface area (Å²) in [5, 5.41) is 3.51. The first-order valence-corrected chi connectivity index (χ1v) is 5.41. The van der Waals surface area contributed by atoms with Gasteiger partial charge in [0, 0.05) is 23.5 Å². The summed E-state index contributed by atoms with van der Waals surface area (Å²) in [6.07, 6.45) is 3.94. The Hall–Kier alpha value is -1.25. The van der Waals surface area contributed by atoms with Gasteiger partial charge in [0.05, 0.1) is 7.11 Å². The van der Waals surface area contributed by atoms with Crippen LogP contribution in [0.1, 0.15) is 33.6 Å². The lowest BCUT2D eigenvalue weighted by Crippen LogP contribution is -2.32. The van der Waals surface area contributed by atoms with Crippen LogP contribution in [0.15, 0.2) is 18.3 Å². The summed E-state index contributed by atoms with van der Waals surface area (Å²) in [5.41, 5.74) is 1.21. The summed E-state index contributed by atoms with van der Waals surface area (Å²) in [4.78, 5) is 4.08. The van der Waals surface area contributed by atoms with Crippen molar-refractivity contribution in [3.8, 4) is 5.88 Å². The van der Waals surface area contributed by atoms with Crippen LogP contribution < -0.4 is 10.1 Å². The van der Waals surface area contributed by atoms with Crippen molar-refractivity contribution in [2.75, 3.05) is 12.4 Å². The van der Waals surface area contributed by atoms with Crippen molar-refractivity contribution in [2.45, 2.75) is 39.2 Å². The molecule has 3 nitrogen and oxygen atoms in total. The van der Waals surface area contributed by atoms with E-state index < -0.39 is 0 Å². The van der Waals surface area contributed by atoms with Gasteiger partial charge in [0.25, 0.3) is 0 Å². The van der Waals surface area contributed by atoms with E-state index in [9.17, 15) is 0 Å². The SMILES string of the molecule is CCC(C)(CC)Nc1ccnc(OC)c1. The lowest BCUT2D eigenvalue weighted by Gasteiger charge is -2.29. The number of hydrogen-bond donors (Lipinski definition) is 1. The molecule has 0 saturated carbocycles. The van der Waals surface area contributed by atoms with Gasteiger partial charge in [-0.15, -0.1) is 0 Å². The highest BCUT2D eigenvalue weighted by Crippen LogP contribution is 2.23. The van der Waals surface area contributed by atoms with Crippen LogP contribution >= 0.6 is 0 Å². The van der Waals surface area contributed by atoms with Gasteiger partial charge in [-0.3, -0.25) is 0 Å². The smallest absolute Gasteiger partial charge is 0.214 e. The zero-order valence-corrected chi connectivity index (χ0v) is 10.0. The normalized spacial score (nSPS) is 11.2. The molecule has 0 aliphatic heterocycles. The van der Waals surface area contributed by atoms with Crippen molar-refractivity contribution in [1.82, 2.24) is 4.98 Å². The maximum atomic E-state index is 5.09. The van der Waals surface area contributed by atoms with Crippen LogP contribution in [0.3, 0.4) is 0 Å². The molecule has 0 saturated heterocycles. The summed E-state index contributed by atoms with van der Waals surface area (Å²) in [6, 6.07) is 3.88. The molecule has 1 aromatic heterocycles. The average Bonchev–Trinajstić information content (AvgIpc) is 2.29. The van der Waals surface area contributed by atoms with Gasteiger partial charge in [0.2, 0.25) is 5.88 Å². The average molecular weight is 208 g/mol. The molecule has 0 amide bonds. The van der Waals surface area contributed by atoms with E-state index in [1.165, 1.54) is 0 Å². The third-order valence-electron chi connectivity index (χ3n) is 2.95. The predicted octanol–water partition coefficient (Wildman–Crippen LogP) is 3.08. The van der Waals surface area contributed by atoms with Gasteiger partial charge >= 0.3 is 0 Å². The standard InChI is InChI=1S/C12H20N2O/c1-5-12(3,6-2)14-10-7-8-13-11(9-10)15-4/h7-9H,5-6H2,1-4H3,(H,13,14). The third kappa shape index (κ3) is 3.11. The minimum Gasteiger partial charge on any atom is -0.481 e. The van der Waals surface area contributed by atoms with Crippen LogP contribution in [-0.2, 0) is 0 Å². The Balaban J connectivity index is 2.79. The van der Waals surface area contributed by atoms with Crippen molar-refractivity contribution in [1.29, 1.82) is 0 Å². The Bertz CT molecular complexity index is 308. The molecular weight excluding hydrogens is 188 g/mol. The monoisotopic (exact) mass is 208 g/mol. The number of hydrogen-bond acceptors (Lipinski definition) is 3. The first-order valence-electron chi connectivity index (χ1n) is 5.41. The Kier molecular flexibility index (Phi) is 3.95. The molecule has 1 rings (SSSR count). The Labute approximate surface area is 91.9 Å². The zero-order valence-electron chi connectivity index (χ0n) is 10.0. The van der Waals surface area contributed by atoms with Gasteiger partial charge < -0.3 is 10.1 Å². The quantitative estimate of drug-likeness (QED) is 0.807. The number of nitrogens with zero attached hydrogens (tertiary/aromatic N) is 1. The predicted molar refractivity (Wildman–Crippen MR) is 63.4 cm³/mol.